The zero-order chi connectivity index (χ0) is 17.8. The number of carbonyl (C=O) groups is 1. The number of methoxy groups -OCH3 is 2. The van der Waals surface area contributed by atoms with Gasteiger partial charge in [-0.25, -0.2) is 9.18 Å². The van der Waals surface area contributed by atoms with E-state index in [4.69, 9.17) is 9.47 Å². The Morgan fingerprint density at radius 3 is 2.60 bits per heavy atom. The predicted octanol–water partition coefficient (Wildman–Crippen LogP) is 2.98. The number of nitrogens with one attached hydrogen (secondary N) is 2. The number of hydrogen-bond donors (Lipinski definition) is 2. The standard InChI is InChI=1S/C17H21FN4O3/c1-24-15-10-16(25-2)14(9-12(15)18)20-17(23)22-7-4-11(5-8-22)13-3-6-19-21-13/h3,6,9-11H,4-5,7-8H2,1-2H3,(H,19,21)(H,20,23). The SMILES string of the molecule is COc1cc(OC)c(NC(=O)N2CCC(c3ccn[nH]3)CC2)cc1F. The van der Waals surface area contributed by atoms with Crippen LogP contribution in [0.15, 0.2) is 24.4 Å². The molecule has 3 rings (SSSR count). The van der Waals surface area contributed by atoms with E-state index in [1.165, 1.54) is 26.4 Å². The topological polar surface area (TPSA) is 79.5 Å². The molecule has 0 aliphatic carbocycles. The number of aromatic amines is 1. The number of carbonyl (C=O) groups excluding carboxylic acids is 1. The van der Waals surface area contributed by atoms with Crippen LogP contribution in [-0.4, -0.2) is 48.4 Å². The molecule has 7 nitrogen and oxygen atoms in total. The van der Waals surface area contributed by atoms with Crippen molar-refractivity contribution in [2.45, 2.75) is 18.8 Å². The van der Waals surface area contributed by atoms with Gasteiger partial charge in [0.2, 0.25) is 0 Å². The largest absolute Gasteiger partial charge is 0.494 e. The lowest BCUT2D eigenvalue weighted by molar-refractivity contribution is 0.194. The zero-order valence-electron chi connectivity index (χ0n) is 14.2. The fourth-order valence-electron chi connectivity index (χ4n) is 3.04. The molecule has 1 aliphatic rings. The van der Waals surface area contributed by atoms with Crippen LogP contribution >= 0.6 is 0 Å². The van der Waals surface area contributed by atoms with E-state index in [9.17, 15) is 9.18 Å². The molecule has 1 saturated heterocycles. The zero-order valence-corrected chi connectivity index (χ0v) is 14.2. The maximum absolute atomic E-state index is 13.9. The molecule has 8 heteroatoms. The number of amides is 2. The van der Waals surface area contributed by atoms with E-state index < -0.39 is 5.82 Å². The first-order valence-corrected chi connectivity index (χ1v) is 8.09. The number of nitrogens with zero attached hydrogens (tertiary/aromatic N) is 2. The number of rotatable bonds is 4. The highest BCUT2D eigenvalue weighted by atomic mass is 19.1. The van der Waals surface area contributed by atoms with Crippen LogP contribution in [0.5, 0.6) is 11.5 Å². The van der Waals surface area contributed by atoms with Gasteiger partial charge in [-0.05, 0) is 18.9 Å². The van der Waals surface area contributed by atoms with E-state index in [0.717, 1.165) is 18.5 Å². The minimum atomic E-state index is -0.559. The van der Waals surface area contributed by atoms with E-state index in [1.807, 2.05) is 6.07 Å². The van der Waals surface area contributed by atoms with Gasteiger partial charge in [0.05, 0.1) is 19.9 Å². The molecule has 1 aromatic carbocycles. The van der Waals surface area contributed by atoms with E-state index in [0.29, 0.717) is 24.8 Å². The normalized spacial score (nSPS) is 15.1. The summed E-state index contributed by atoms with van der Waals surface area (Å²) in [7, 11) is 2.83. The lowest BCUT2D eigenvalue weighted by Gasteiger charge is -2.31. The summed E-state index contributed by atoms with van der Waals surface area (Å²) in [5.74, 6) is 0.227. The highest BCUT2D eigenvalue weighted by Crippen LogP contribution is 2.33. The molecule has 0 spiro atoms. The van der Waals surface area contributed by atoms with Gasteiger partial charge in [-0.1, -0.05) is 0 Å². The third-order valence-electron chi connectivity index (χ3n) is 4.46. The Morgan fingerprint density at radius 1 is 1.28 bits per heavy atom. The van der Waals surface area contributed by atoms with Crippen LogP contribution in [-0.2, 0) is 0 Å². The summed E-state index contributed by atoms with van der Waals surface area (Å²) >= 11 is 0. The summed E-state index contributed by atoms with van der Waals surface area (Å²) in [6, 6.07) is 4.30. The van der Waals surface area contributed by atoms with Crippen molar-refractivity contribution in [1.29, 1.82) is 0 Å². The van der Waals surface area contributed by atoms with Gasteiger partial charge in [-0.3, -0.25) is 5.10 Å². The Balaban J connectivity index is 1.64. The van der Waals surface area contributed by atoms with Crippen molar-refractivity contribution in [2.75, 3.05) is 32.6 Å². The average molecular weight is 348 g/mol. The molecule has 134 valence electrons. The molecule has 0 saturated carbocycles. The Labute approximate surface area is 145 Å². The fraction of sp³-hybridized carbons (Fsp3) is 0.412. The maximum atomic E-state index is 13.9. The molecule has 0 radical (unpaired) electrons. The summed E-state index contributed by atoms with van der Waals surface area (Å²) in [6.45, 7) is 1.24. The van der Waals surface area contributed by atoms with Crippen LogP contribution in [0, 0.1) is 5.82 Å². The van der Waals surface area contributed by atoms with Crippen molar-refractivity contribution in [1.82, 2.24) is 15.1 Å². The van der Waals surface area contributed by atoms with Crippen molar-refractivity contribution in [3.8, 4) is 11.5 Å². The first kappa shape index (κ1) is 17.1. The molecular formula is C17H21FN4O3. The van der Waals surface area contributed by atoms with Crippen LogP contribution in [0.4, 0.5) is 14.9 Å². The van der Waals surface area contributed by atoms with Gasteiger partial charge < -0.3 is 19.7 Å². The number of benzene rings is 1. The second-order valence-corrected chi connectivity index (χ2v) is 5.89. The van der Waals surface area contributed by atoms with Gasteiger partial charge in [0.15, 0.2) is 11.6 Å². The number of hydrogen-bond acceptors (Lipinski definition) is 4. The fourth-order valence-corrected chi connectivity index (χ4v) is 3.04. The van der Waals surface area contributed by atoms with Crippen molar-refractivity contribution < 1.29 is 18.7 Å². The number of ether oxygens (including phenoxy) is 2. The molecule has 25 heavy (non-hydrogen) atoms. The number of anilines is 1. The Kier molecular flexibility index (Phi) is 5.06. The minimum Gasteiger partial charge on any atom is -0.494 e. The van der Waals surface area contributed by atoms with Gasteiger partial charge in [-0.15, -0.1) is 0 Å². The minimum absolute atomic E-state index is 0.0650. The molecule has 0 atom stereocenters. The van der Waals surface area contributed by atoms with E-state index >= 15 is 0 Å². The number of likely N-dealkylation sites (tertiary alicyclic amines) is 1. The van der Waals surface area contributed by atoms with Crippen molar-refractivity contribution in [3.05, 3.63) is 35.9 Å². The predicted molar refractivity (Wildman–Crippen MR) is 90.7 cm³/mol. The summed E-state index contributed by atoms with van der Waals surface area (Å²) in [4.78, 5) is 14.2. The number of piperidine rings is 1. The number of urea groups is 1. The molecule has 0 bridgehead atoms. The van der Waals surface area contributed by atoms with Gasteiger partial charge in [-0.2, -0.15) is 5.10 Å². The van der Waals surface area contributed by atoms with Gasteiger partial charge in [0, 0.05) is 43.0 Å². The quantitative estimate of drug-likeness (QED) is 0.890. The molecule has 2 amide bonds. The Morgan fingerprint density at radius 2 is 2.00 bits per heavy atom. The average Bonchev–Trinajstić information content (AvgIpc) is 3.17. The number of H-pyrrole nitrogens is 1. The Hall–Kier alpha value is -2.77. The van der Waals surface area contributed by atoms with E-state index in [2.05, 4.69) is 15.5 Å². The van der Waals surface area contributed by atoms with E-state index in [1.54, 1.807) is 11.1 Å². The van der Waals surface area contributed by atoms with Gasteiger partial charge in [0.25, 0.3) is 0 Å². The molecule has 2 aromatic rings. The molecular weight excluding hydrogens is 327 g/mol. The second kappa shape index (κ2) is 7.42. The molecule has 1 fully saturated rings. The van der Waals surface area contributed by atoms with Crippen LogP contribution in [0.2, 0.25) is 0 Å². The first-order valence-electron chi connectivity index (χ1n) is 8.09. The molecule has 1 aromatic heterocycles. The summed E-state index contributed by atoms with van der Waals surface area (Å²) in [6.07, 6.45) is 3.44. The lowest BCUT2D eigenvalue weighted by Crippen LogP contribution is -2.40. The smallest absolute Gasteiger partial charge is 0.321 e. The Bertz CT molecular complexity index is 728. The van der Waals surface area contributed by atoms with Crippen molar-refractivity contribution in [3.63, 3.8) is 0 Å². The number of aromatic nitrogens is 2. The summed E-state index contributed by atoms with van der Waals surface area (Å²) in [5, 5.41) is 9.67. The first-order chi connectivity index (χ1) is 12.1. The van der Waals surface area contributed by atoms with Gasteiger partial charge in [0.1, 0.15) is 5.75 Å². The maximum Gasteiger partial charge on any atom is 0.321 e. The third kappa shape index (κ3) is 3.67. The molecule has 0 unspecified atom stereocenters. The van der Waals surface area contributed by atoms with Crippen LogP contribution in [0.25, 0.3) is 0 Å². The number of halogens is 1. The van der Waals surface area contributed by atoms with Crippen LogP contribution in [0.3, 0.4) is 0 Å². The van der Waals surface area contributed by atoms with Crippen LogP contribution in [0.1, 0.15) is 24.5 Å². The lowest BCUT2D eigenvalue weighted by atomic mass is 9.94. The van der Waals surface area contributed by atoms with Crippen LogP contribution < -0.4 is 14.8 Å². The molecule has 1 aliphatic heterocycles. The van der Waals surface area contributed by atoms with Crippen molar-refractivity contribution in [2.24, 2.45) is 0 Å². The van der Waals surface area contributed by atoms with E-state index in [-0.39, 0.29) is 17.5 Å². The van der Waals surface area contributed by atoms with Crippen molar-refractivity contribution >= 4 is 11.7 Å². The molecule has 2 N–H and O–H groups in total. The highest BCUT2D eigenvalue weighted by molar-refractivity contribution is 5.91. The summed E-state index contributed by atoms with van der Waals surface area (Å²) < 4.78 is 24.0. The third-order valence-corrected chi connectivity index (χ3v) is 4.46. The van der Waals surface area contributed by atoms with Gasteiger partial charge >= 0.3 is 6.03 Å². The highest BCUT2D eigenvalue weighted by Gasteiger charge is 2.25. The summed E-state index contributed by atoms with van der Waals surface area (Å²) in [5.41, 5.74) is 1.38. The molecule has 2 heterocycles. The monoisotopic (exact) mass is 348 g/mol. The second-order valence-electron chi connectivity index (χ2n) is 5.89.